The van der Waals surface area contributed by atoms with Crippen LogP contribution in [0, 0.1) is 0 Å². The Kier molecular flexibility index (Phi) is 4.02. The van der Waals surface area contributed by atoms with Crippen molar-refractivity contribution < 1.29 is 14.7 Å². The number of aliphatic carboxylic acids is 1. The van der Waals surface area contributed by atoms with Crippen LogP contribution in [0.25, 0.3) is 10.9 Å². The molecule has 0 bridgehead atoms. The van der Waals surface area contributed by atoms with E-state index in [1.165, 1.54) is 16.7 Å². The molecule has 1 aliphatic heterocycles. The van der Waals surface area contributed by atoms with Gasteiger partial charge in [-0.15, -0.1) is 11.8 Å². The van der Waals surface area contributed by atoms with Crippen molar-refractivity contribution in [3.63, 3.8) is 0 Å². The highest BCUT2D eigenvalue weighted by molar-refractivity contribution is 9.13. The zero-order valence-electron chi connectivity index (χ0n) is 10.6. The first-order valence-electron chi connectivity index (χ1n) is 6.06. The molecule has 0 saturated carbocycles. The monoisotopic (exact) mass is 432 g/mol. The first kappa shape index (κ1) is 14.9. The van der Waals surface area contributed by atoms with Crippen LogP contribution in [0.2, 0.25) is 0 Å². The molecule has 5 nitrogen and oxygen atoms in total. The molecule has 1 unspecified atom stereocenters. The van der Waals surface area contributed by atoms with Crippen LogP contribution in [0.1, 0.15) is 10.4 Å². The summed E-state index contributed by atoms with van der Waals surface area (Å²) < 4.78 is 1.73. The zero-order chi connectivity index (χ0) is 15.1. The minimum absolute atomic E-state index is 0.257. The van der Waals surface area contributed by atoms with Crippen molar-refractivity contribution in [1.82, 2.24) is 9.88 Å². The van der Waals surface area contributed by atoms with Gasteiger partial charge >= 0.3 is 5.97 Å². The number of nitrogens with one attached hydrogen (secondary N) is 1. The molecule has 3 rings (SSSR count). The van der Waals surface area contributed by atoms with Crippen molar-refractivity contribution in [2.45, 2.75) is 6.04 Å². The third-order valence-corrected chi connectivity index (χ3v) is 6.24. The highest BCUT2D eigenvalue weighted by atomic mass is 79.9. The number of rotatable bonds is 2. The lowest BCUT2D eigenvalue weighted by Gasteiger charge is -2.20. The number of fused-ring (bicyclic) bond motifs is 1. The highest BCUT2D eigenvalue weighted by Crippen LogP contribution is 2.32. The number of carbonyl (C=O) groups is 2. The fourth-order valence-corrected chi connectivity index (χ4v) is 4.13. The summed E-state index contributed by atoms with van der Waals surface area (Å²) in [5.41, 5.74) is 1.32. The summed E-state index contributed by atoms with van der Waals surface area (Å²) in [7, 11) is 0. The Bertz CT molecular complexity index is 746. The molecule has 2 aromatic rings. The van der Waals surface area contributed by atoms with Gasteiger partial charge in [0.2, 0.25) is 0 Å². The second-order valence-electron chi connectivity index (χ2n) is 4.64. The number of H-pyrrole nitrogens is 1. The van der Waals surface area contributed by atoms with E-state index in [1.54, 1.807) is 6.20 Å². The van der Waals surface area contributed by atoms with Crippen molar-refractivity contribution in [3.8, 4) is 0 Å². The number of benzene rings is 1. The minimum atomic E-state index is -0.961. The lowest BCUT2D eigenvalue weighted by Crippen LogP contribution is -2.41. The van der Waals surface area contributed by atoms with Crippen molar-refractivity contribution in [2.24, 2.45) is 0 Å². The molecule has 1 amide bonds. The van der Waals surface area contributed by atoms with Gasteiger partial charge in [-0.3, -0.25) is 4.79 Å². The molecule has 2 N–H and O–H groups in total. The second-order valence-corrected chi connectivity index (χ2v) is 7.35. The fourth-order valence-electron chi connectivity index (χ4n) is 2.30. The molecule has 1 fully saturated rings. The molecule has 1 aromatic carbocycles. The quantitative estimate of drug-likeness (QED) is 0.762. The molecule has 0 radical (unpaired) electrons. The van der Waals surface area contributed by atoms with Crippen LogP contribution in [0.4, 0.5) is 0 Å². The number of halogens is 2. The lowest BCUT2D eigenvalue weighted by atomic mass is 10.1. The maximum absolute atomic E-state index is 12.6. The number of carboxylic acids is 1. The molecular formula is C13H10Br2N2O3S. The number of aromatic amines is 1. The van der Waals surface area contributed by atoms with Crippen LogP contribution in [0.3, 0.4) is 0 Å². The van der Waals surface area contributed by atoms with Crippen LogP contribution in [0.5, 0.6) is 0 Å². The summed E-state index contributed by atoms with van der Waals surface area (Å²) >= 11 is 8.29. The molecular weight excluding hydrogens is 424 g/mol. The Morgan fingerprint density at radius 3 is 2.76 bits per heavy atom. The van der Waals surface area contributed by atoms with Crippen molar-refractivity contribution >= 4 is 66.4 Å². The van der Waals surface area contributed by atoms with Gasteiger partial charge in [-0.1, -0.05) is 0 Å². The molecule has 110 valence electrons. The predicted molar refractivity (Wildman–Crippen MR) is 88.6 cm³/mol. The van der Waals surface area contributed by atoms with Crippen LogP contribution in [-0.2, 0) is 4.79 Å². The van der Waals surface area contributed by atoms with E-state index in [4.69, 9.17) is 0 Å². The molecule has 1 aromatic heterocycles. The average molecular weight is 434 g/mol. The maximum Gasteiger partial charge on any atom is 0.327 e. The Morgan fingerprint density at radius 1 is 1.33 bits per heavy atom. The van der Waals surface area contributed by atoms with Crippen LogP contribution in [0.15, 0.2) is 27.3 Å². The van der Waals surface area contributed by atoms with E-state index in [0.29, 0.717) is 17.2 Å². The standard InChI is InChI=1S/C13H10Br2N2O3S/c14-8-1-6-7(3-16-10(6)2-9(8)15)12(18)17-5-21-4-11(17)13(19)20/h1-3,11,16H,4-5H2,(H,19,20). The molecule has 0 spiro atoms. The van der Waals surface area contributed by atoms with E-state index in [9.17, 15) is 14.7 Å². The summed E-state index contributed by atoms with van der Waals surface area (Å²) in [6.07, 6.45) is 1.63. The molecule has 0 aliphatic carbocycles. The van der Waals surface area contributed by atoms with Crippen LogP contribution in [-0.4, -0.2) is 44.5 Å². The summed E-state index contributed by atoms with van der Waals surface area (Å²) in [5, 5.41) is 9.97. The van der Waals surface area contributed by atoms with Gasteiger partial charge in [0, 0.05) is 31.8 Å². The van der Waals surface area contributed by atoms with Gasteiger partial charge in [-0.05, 0) is 44.0 Å². The third-order valence-electron chi connectivity index (χ3n) is 3.38. The van der Waals surface area contributed by atoms with Gasteiger partial charge in [0.1, 0.15) is 6.04 Å². The van der Waals surface area contributed by atoms with Gasteiger partial charge in [0.15, 0.2) is 0 Å². The fraction of sp³-hybridized carbons (Fsp3) is 0.231. The first-order chi connectivity index (χ1) is 9.99. The Morgan fingerprint density at radius 2 is 2.05 bits per heavy atom. The van der Waals surface area contributed by atoms with E-state index in [1.807, 2.05) is 12.1 Å². The number of nitrogens with zero attached hydrogens (tertiary/aromatic N) is 1. The summed E-state index contributed by atoms with van der Waals surface area (Å²) in [5.74, 6) is -0.385. The van der Waals surface area contributed by atoms with Crippen molar-refractivity contribution in [1.29, 1.82) is 0 Å². The molecule has 2 heterocycles. The second kappa shape index (κ2) is 5.66. The number of carboxylic acid groups (broad SMARTS) is 1. The van der Waals surface area contributed by atoms with E-state index >= 15 is 0 Å². The Labute approximate surface area is 141 Å². The summed E-state index contributed by atoms with van der Waals surface area (Å²) in [6.45, 7) is 0. The molecule has 8 heteroatoms. The van der Waals surface area contributed by atoms with Crippen molar-refractivity contribution in [3.05, 3.63) is 32.8 Å². The molecule has 1 aliphatic rings. The number of carbonyl (C=O) groups excluding carboxylic acids is 1. The normalized spacial score (nSPS) is 18.4. The highest BCUT2D eigenvalue weighted by Gasteiger charge is 2.35. The van der Waals surface area contributed by atoms with Gasteiger partial charge in [0.05, 0.1) is 11.4 Å². The average Bonchev–Trinajstić information content (AvgIpc) is 3.05. The van der Waals surface area contributed by atoms with Crippen LogP contribution < -0.4 is 0 Å². The van der Waals surface area contributed by atoms with Gasteiger partial charge < -0.3 is 15.0 Å². The molecule has 21 heavy (non-hydrogen) atoms. The number of aromatic nitrogens is 1. The van der Waals surface area contributed by atoms with E-state index < -0.39 is 12.0 Å². The van der Waals surface area contributed by atoms with Gasteiger partial charge in [0.25, 0.3) is 5.91 Å². The smallest absolute Gasteiger partial charge is 0.327 e. The topological polar surface area (TPSA) is 73.4 Å². The lowest BCUT2D eigenvalue weighted by molar-refractivity contribution is -0.140. The number of hydrogen-bond acceptors (Lipinski definition) is 3. The van der Waals surface area contributed by atoms with Crippen molar-refractivity contribution in [2.75, 3.05) is 11.6 Å². The Balaban J connectivity index is 2.02. The largest absolute Gasteiger partial charge is 0.480 e. The van der Waals surface area contributed by atoms with E-state index in [0.717, 1.165) is 19.8 Å². The summed E-state index contributed by atoms with van der Waals surface area (Å²) in [6, 6.07) is 2.97. The summed E-state index contributed by atoms with van der Waals surface area (Å²) in [4.78, 5) is 28.3. The number of amides is 1. The minimum Gasteiger partial charge on any atom is -0.480 e. The number of thioether (sulfide) groups is 1. The number of hydrogen-bond donors (Lipinski definition) is 2. The Hall–Kier alpha value is -0.990. The zero-order valence-corrected chi connectivity index (χ0v) is 14.6. The van der Waals surface area contributed by atoms with Gasteiger partial charge in [-0.25, -0.2) is 4.79 Å². The molecule has 1 atom stereocenters. The van der Waals surface area contributed by atoms with Gasteiger partial charge in [-0.2, -0.15) is 0 Å². The SMILES string of the molecule is O=C(O)C1CSCN1C(=O)c1c[nH]c2cc(Br)c(Br)cc12. The van der Waals surface area contributed by atoms with Crippen LogP contribution >= 0.6 is 43.6 Å². The third kappa shape index (κ3) is 2.60. The van der Waals surface area contributed by atoms with E-state index in [2.05, 4.69) is 36.8 Å². The van der Waals surface area contributed by atoms with E-state index in [-0.39, 0.29) is 5.91 Å². The maximum atomic E-state index is 12.6. The predicted octanol–water partition coefficient (Wildman–Crippen LogP) is 3.29. The first-order valence-corrected chi connectivity index (χ1v) is 8.80. The molecule has 1 saturated heterocycles.